The van der Waals surface area contributed by atoms with Crippen molar-refractivity contribution in [2.75, 3.05) is 11.4 Å². The van der Waals surface area contributed by atoms with E-state index in [1.54, 1.807) is 10.6 Å². The van der Waals surface area contributed by atoms with Gasteiger partial charge in [-0.25, -0.2) is 18.0 Å². The summed E-state index contributed by atoms with van der Waals surface area (Å²) in [6, 6.07) is 3.14. The molecule has 5 nitrogen and oxygen atoms in total. The van der Waals surface area contributed by atoms with Gasteiger partial charge in [0.05, 0.1) is 0 Å². The van der Waals surface area contributed by atoms with E-state index in [1.807, 2.05) is 0 Å². The van der Waals surface area contributed by atoms with Crippen LogP contribution in [0.4, 0.5) is 19.0 Å². The van der Waals surface area contributed by atoms with Crippen molar-refractivity contribution in [2.45, 2.75) is 32.0 Å². The van der Waals surface area contributed by atoms with E-state index in [2.05, 4.69) is 9.88 Å². The van der Waals surface area contributed by atoms with Crippen LogP contribution in [0.25, 0.3) is 0 Å². The third kappa shape index (κ3) is 2.42. The van der Waals surface area contributed by atoms with Gasteiger partial charge in [-0.1, -0.05) is 0 Å². The number of anilines is 1. The lowest BCUT2D eigenvalue weighted by Crippen LogP contribution is -2.24. The Bertz CT molecular complexity index is 868. The van der Waals surface area contributed by atoms with Gasteiger partial charge in [-0.05, 0) is 18.9 Å². The van der Waals surface area contributed by atoms with E-state index >= 15 is 0 Å². The van der Waals surface area contributed by atoms with Gasteiger partial charge in [0, 0.05) is 36.8 Å². The Morgan fingerprint density at radius 2 is 1.96 bits per heavy atom. The summed E-state index contributed by atoms with van der Waals surface area (Å²) in [5, 5.41) is 0. The van der Waals surface area contributed by atoms with Gasteiger partial charge in [0.25, 0.3) is 0 Å². The fourth-order valence-electron chi connectivity index (χ4n) is 3.32. The molecule has 3 heterocycles. The van der Waals surface area contributed by atoms with Crippen LogP contribution in [0.2, 0.25) is 0 Å². The maximum Gasteiger partial charge on any atom is 0.352 e. The van der Waals surface area contributed by atoms with E-state index in [1.165, 1.54) is 0 Å². The van der Waals surface area contributed by atoms with Crippen molar-refractivity contribution in [2.24, 2.45) is 0 Å². The van der Waals surface area contributed by atoms with Crippen LogP contribution in [0.5, 0.6) is 5.88 Å². The lowest BCUT2D eigenvalue weighted by molar-refractivity contribution is 0.284. The zero-order valence-electron chi connectivity index (χ0n) is 12.6. The highest BCUT2D eigenvalue weighted by Crippen LogP contribution is 2.33. The molecule has 24 heavy (non-hydrogen) atoms. The van der Waals surface area contributed by atoms with Crippen LogP contribution in [-0.2, 0) is 13.2 Å². The normalized spacial score (nSPS) is 18.6. The van der Waals surface area contributed by atoms with Crippen molar-refractivity contribution >= 4 is 5.82 Å². The van der Waals surface area contributed by atoms with Crippen LogP contribution in [0.3, 0.4) is 0 Å². The first-order valence-corrected chi connectivity index (χ1v) is 7.67. The molecule has 2 aromatic rings. The average molecular weight is 337 g/mol. The molecule has 0 unspecified atom stereocenters. The molecule has 1 saturated heterocycles. The van der Waals surface area contributed by atoms with Crippen LogP contribution >= 0.6 is 0 Å². The number of hydrogen-bond donors (Lipinski definition) is 0. The zero-order chi connectivity index (χ0) is 16.8. The van der Waals surface area contributed by atoms with Gasteiger partial charge >= 0.3 is 5.69 Å². The quantitative estimate of drug-likeness (QED) is 0.806. The molecule has 2 aliphatic rings. The van der Waals surface area contributed by atoms with Crippen LogP contribution in [0.1, 0.15) is 18.4 Å². The van der Waals surface area contributed by atoms with Gasteiger partial charge in [0.1, 0.15) is 18.2 Å². The third-order valence-electron chi connectivity index (χ3n) is 4.50. The minimum atomic E-state index is -1.26. The molecular weight excluding hydrogens is 323 g/mol. The highest BCUT2D eigenvalue weighted by Gasteiger charge is 2.34. The molecule has 4 rings (SSSR count). The number of halogens is 3. The summed E-state index contributed by atoms with van der Waals surface area (Å²) in [5.41, 5.74) is -0.571. The van der Waals surface area contributed by atoms with E-state index in [9.17, 15) is 18.0 Å². The number of rotatable bonds is 3. The van der Waals surface area contributed by atoms with Crippen molar-refractivity contribution in [3.8, 4) is 5.88 Å². The molecule has 0 saturated carbocycles. The number of ether oxygens (including phenoxy) is 1. The lowest BCUT2D eigenvalue weighted by Gasteiger charge is -2.17. The van der Waals surface area contributed by atoms with Crippen LogP contribution in [0, 0.1) is 17.5 Å². The topological polar surface area (TPSA) is 47.4 Å². The Labute approximate surface area is 135 Å². The molecule has 0 radical (unpaired) electrons. The third-order valence-corrected chi connectivity index (χ3v) is 4.50. The molecule has 1 aromatic carbocycles. The van der Waals surface area contributed by atoms with Gasteiger partial charge in [0.2, 0.25) is 5.88 Å². The number of fused-ring (bicyclic) bond motifs is 3. The predicted octanol–water partition coefficient (Wildman–Crippen LogP) is 2.22. The minimum absolute atomic E-state index is 0.0444. The number of nitrogens with zero attached hydrogens (tertiary/aromatic N) is 3. The van der Waals surface area contributed by atoms with E-state index in [0.29, 0.717) is 18.7 Å². The maximum atomic E-state index is 13.6. The lowest BCUT2D eigenvalue weighted by atomic mass is 10.2. The highest BCUT2D eigenvalue weighted by atomic mass is 19.2. The molecule has 0 N–H and O–H groups in total. The molecule has 1 atom stereocenters. The molecule has 0 spiro atoms. The monoisotopic (exact) mass is 337 g/mol. The summed E-state index contributed by atoms with van der Waals surface area (Å²) in [5.74, 6) is -2.55. The Morgan fingerprint density at radius 3 is 2.79 bits per heavy atom. The van der Waals surface area contributed by atoms with Gasteiger partial charge in [-0.2, -0.15) is 4.98 Å². The summed E-state index contributed by atoms with van der Waals surface area (Å²) < 4.78 is 46.7. The van der Waals surface area contributed by atoms with E-state index in [4.69, 9.17) is 4.74 Å². The molecule has 0 bridgehead atoms. The first-order valence-electron chi connectivity index (χ1n) is 7.67. The molecule has 1 aromatic heterocycles. The second-order valence-corrected chi connectivity index (χ2v) is 5.98. The first-order chi connectivity index (χ1) is 11.5. The van der Waals surface area contributed by atoms with Crippen molar-refractivity contribution in [1.82, 2.24) is 9.55 Å². The van der Waals surface area contributed by atoms with Crippen LogP contribution in [0.15, 0.2) is 23.0 Å². The largest absolute Gasteiger partial charge is 0.472 e. The smallest absolute Gasteiger partial charge is 0.352 e. The maximum absolute atomic E-state index is 13.6. The van der Waals surface area contributed by atoms with Gasteiger partial charge in [-0.3, -0.25) is 4.57 Å². The molecular formula is C16H14F3N3O2. The summed E-state index contributed by atoms with van der Waals surface area (Å²) in [4.78, 5) is 18.1. The second kappa shape index (κ2) is 5.54. The van der Waals surface area contributed by atoms with Crippen molar-refractivity contribution < 1.29 is 17.9 Å². The van der Waals surface area contributed by atoms with Crippen LogP contribution in [-0.4, -0.2) is 22.1 Å². The second-order valence-electron chi connectivity index (χ2n) is 5.98. The predicted molar refractivity (Wildman–Crippen MR) is 79.5 cm³/mol. The summed E-state index contributed by atoms with van der Waals surface area (Å²) >= 11 is 0. The highest BCUT2D eigenvalue weighted by molar-refractivity contribution is 5.48. The van der Waals surface area contributed by atoms with Gasteiger partial charge < -0.3 is 9.64 Å². The molecule has 0 amide bonds. The summed E-state index contributed by atoms with van der Waals surface area (Å²) in [7, 11) is 0. The fraction of sp³-hybridized carbons (Fsp3) is 0.375. The SMILES string of the molecule is O=c1nc(OCc2cc(F)c(F)cc2F)cc2n1C[C@@H]1CCCN21. The standard InChI is InChI=1S/C16H14F3N3O2/c17-11-5-13(19)12(18)4-9(11)8-24-14-6-15-21-3-1-2-10(21)7-22(15)16(23)20-14/h4-6,10H,1-3,7-8H2/t10-/m0/s1. The van der Waals surface area contributed by atoms with E-state index < -0.39 is 23.1 Å². The average Bonchev–Trinajstić information content (AvgIpc) is 3.12. The Hall–Kier alpha value is -2.51. The Morgan fingerprint density at radius 1 is 1.17 bits per heavy atom. The summed E-state index contributed by atoms with van der Waals surface area (Å²) in [6.45, 7) is 1.13. The van der Waals surface area contributed by atoms with E-state index in [0.717, 1.165) is 31.3 Å². The minimum Gasteiger partial charge on any atom is -0.472 e. The van der Waals surface area contributed by atoms with Crippen molar-refractivity contribution in [3.63, 3.8) is 0 Å². The van der Waals surface area contributed by atoms with Crippen molar-refractivity contribution in [1.29, 1.82) is 0 Å². The number of benzene rings is 1. The van der Waals surface area contributed by atoms with Crippen molar-refractivity contribution in [3.05, 3.63) is 51.7 Å². The molecule has 2 aliphatic heterocycles. The zero-order valence-corrected chi connectivity index (χ0v) is 12.6. The van der Waals surface area contributed by atoms with Crippen LogP contribution < -0.4 is 15.3 Å². The summed E-state index contributed by atoms with van der Waals surface area (Å²) in [6.07, 6.45) is 2.09. The Balaban J connectivity index is 1.58. The molecule has 1 fully saturated rings. The molecule has 126 valence electrons. The van der Waals surface area contributed by atoms with Gasteiger partial charge in [0.15, 0.2) is 11.6 Å². The van der Waals surface area contributed by atoms with E-state index in [-0.39, 0.29) is 18.1 Å². The molecule has 8 heteroatoms. The molecule has 0 aliphatic carbocycles. The van der Waals surface area contributed by atoms with Gasteiger partial charge in [-0.15, -0.1) is 0 Å². The number of aromatic nitrogens is 2. The Kier molecular flexibility index (Phi) is 3.47. The number of hydrogen-bond acceptors (Lipinski definition) is 4. The fourth-order valence-corrected chi connectivity index (χ4v) is 3.32. The first kappa shape index (κ1) is 15.0.